The van der Waals surface area contributed by atoms with Crippen LogP contribution in [0.1, 0.15) is 0 Å². The third-order valence-electron chi connectivity index (χ3n) is 2.65. The number of amides is 2. The Morgan fingerprint density at radius 1 is 0.444 bits per heavy atom. The Bertz CT molecular complexity index is 634. The molecule has 0 spiro atoms. The molecule has 22 heteroatoms. The molecule has 0 aromatic carbocycles. The highest BCUT2D eigenvalue weighted by Crippen LogP contribution is 2.15. The predicted octanol–water partition coefficient (Wildman–Crippen LogP) is 0.789. The number of rotatable bonds is 9. The topological polar surface area (TPSA) is 157 Å². The molecule has 36 heavy (non-hydrogen) atoms. The van der Waals surface area contributed by atoms with Crippen LogP contribution in [-0.4, -0.2) is 97.9 Å². The lowest BCUT2D eigenvalue weighted by Gasteiger charge is -2.10. The van der Waals surface area contributed by atoms with Gasteiger partial charge in [-0.1, -0.05) is 0 Å². The second kappa shape index (κ2) is 16.6. The van der Waals surface area contributed by atoms with Gasteiger partial charge < -0.3 is 31.5 Å². The van der Waals surface area contributed by atoms with Crippen molar-refractivity contribution in [1.29, 1.82) is 0 Å². The molecule has 214 valence electrons. The third kappa shape index (κ3) is 24.1. The molecule has 0 aromatic heterocycles. The van der Waals surface area contributed by atoms with E-state index in [9.17, 15) is 62.3 Å². The molecule has 6 N–H and O–H groups in total. The zero-order valence-electron chi connectivity index (χ0n) is 17.3. The molecule has 0 atom stereocenters. The average Bonchev–Trinajstić information content (AvgIpc) is 2.67. The summed E-state index contributed by atoms with van der Waals surface area (Å²) < 4.78 is 134. The molecule has 0 aromatic rings. The Labute approximate surface area is 192 Å². The first kappa shape index (κ1) is 37.5. The molecule has 0 radical (unpaired) electrons. The summed E-state index contributed by atoms with van der Waals surface area (Å²) in [6, 6.07) is 0. The number of alkyl halides is 12. The van der Waals surface area contributed by atoms with E-state index >= 15 is 0 Å². The van der Waals surface area contributed by atoms with Crippen LogP contribution in [0.5, 0.6) is 0 Å². The quantitative estimate of drug-likeness (QED) is 0.177. The van der Waals surface area contributed by atoms with Gasteiger partial charge in [0.25, 0.3) is 0 Å². The molecule has 2 amide bonds. The van der Waals surface area contributed by atoms with E-state index in [1.54, 1.807) is 10.6 Å². The van der Waals surface area contributed by atoms with Crippen LogP contribution in [0, 0.1) is 0 Å². The molecule has 0 saturated carbocycles. The van der Waals surface area contributed by atoms with Crippen molar-refractivity contribution in [3.8, 4) is 0 Å². The van der Waals surface area contributed by atoms with Gasteiger partial charge in [0, 0.05) is 39.3 Å². The monoisotopic (exact) mass is 566 g/mol. The van der Waals surface area contributed by atoms with E-state index in [2.05, 4.69) is 10.6 Å². The lowest BCUT2D eigenvalue weighted by molar-refractivity contribution is -0.193. The SMILES string of the molecule is O=C(NCCNCCNCCNC(=O)C(F)(F)F)C(F)(F)F.O=C(O)C(F)(F)F.O=C(O)C(F)(F)F. The molecule has 0 bridgehead atoms. The van der Waals surface area contributed by atoms with Crippen LogP contribution >= 0.6 is 0 Å². The minimum absolute atomic E-state index is 0.105. The van der Waals surface area contributed by atoms with E-state index in [1.165, 1.54) is 0 Å². The van der Waals surface area contributed by atoms with Gasteiger partial charge in [0.2, 0.25) is 0 Å². The molecule has 0 saturated heterocycles. The van der Waals surface area contributed by atoms with Crippen LogP contribution in [0.3, 0.4) is 0 Å². The van der Waals surface area contributed by atoms with Crippen LogP contribution in [-0.2, 0) is 19.2 Å². The van der Waals surface area contributed by atoms with E-state index in [-0.39, 0.29) is 26.2 Å². The Balaban J connectivity index is -0.000000632. The predicted molar refractivity (Wildman–Crippen MR) is 91.3 cm³/mol. The van der Waals surface area contributed by atoms with Crippen LogP contribution < -0.4 is 21.3 Å². The summed E-state index contributed by atoms with van der Waals surface area (Å²) in [5.74, 6) is -9.55. The van der Waals surface area contributed by atoms with Crippen molar-refractivity contribution in [1.82, 2.24) is 21.3 Å². The Kier molecular flexibility index (Phi) is 17.3. The number of nitrogens with one attached hydrogen (secondary N) is 4. The zero-order valence-corrected chi connectivity index (χ0v) is 17.3. The van der Waals surface area contributed by atoms with E-state index in [1.807, 2.05) is 0 Å². The molecular weight excluding hydrogens is 548 g/mol. The summed E-state index contributed by atoms with van der Waals surface area (Å²) in [5, 5.41) is 23.0. The number of carbonyl (C=O) groups excluding carboxylic acids is 2. The fraction of sp³-hybridized carbons (Fsp3) is 0.714. The maximum Gasteiger partial charge on any atom is 0.490 e. The van der Waals surface area contributed by atoms with Gasteiger partial charge in [-0.05, 0) is 0 Å². The summed E-state index contributed by atoms with van der Waals surface area (Å²) >= 11 is 0. The van der Waals surface area contributed by atoms with Gasteiger partial charge >= 0.3 is 48.5 Å². The number of halogens is 12. The minimum Gasteiger partial charge on any atom is -0.475 e. The van der Waals surface area contributed by atoms with Gasteiger partial charge in [0.1, 0.15) is 0 Å². The van der Waals surface area contributed by atoms with Gasteiger partial charge in [0.15, 0.2) is 0 Å². The van der Waals surface area contributed by atoms with E-state index < -0.39 is 48.5 Å². The van der Waals surface area contributed by atoms with Crippen molar-refractivity contribution < 1.29 is 82.1 Å². The molecule has 0 fully saturated rings. The van der Waals surface area contributed by atoms with Gasteiger partial charge in [-0.2, -0.15) is 52.7 Å². The number of hydrogen-bond donors (Lipinski definition) is 6. The summed E-state index contributed by atoms with van der Waals surface area (Å²) in [5.41, 5.74) is 0. The maximum absolute atomic E-state index is 11.8. The van der Waals surface area contributed by atoms with Crippen LogP contribution in [0.25, 0.3) is 0 Å². The van der Waals surface area contributed by atoms with Crippen molar-refractivity contribution >= 4 is 23.8 Å². The van der Waals surface area contributed by atoms with Crippen molar-refractivity contribution in [2.45, 2.75) is 24.7 Å². The first-order valence-corrected chi connectivity index (χ1v) is 8.65. The molecule has 0 aliphatic carbocycles. The van der Waals surface area contributed by atoms with Crippen molar-refractivity contribution in [2.24, 2.45) is 0 Å². The second-order valence-corrected chi connectivity index (χ2v) is 5.61. The normalized spacial score (nSPS) is 11.8. The molecule has 0 unspecified atom stereocenters. The molecule has 0 rings (SSSR count). The molecular formula is C14H18F12N4O6. The number of carboxylic acids is 2. The smallest absolute Gasteiger partial charge is 0.475 e. The zero-order chi connectivity index (χ0) is 29.4. The number of carbonyl (C=O) groups is 4. The van der Waals surface area contributed by atoms with Crippen LogP contribution in [0.15, 0.2) is 0 Å². The highest BCUT2D eigenvalue weighted by atomic mass is 19.4. The molecule has 10 nitrogen and oxygen atoms in total. The fourth-order valence-corrected chi connectivity index (χ4v) is 1.16. The van der Waals surface area contributed by atoms with Crippen molar-refractivity contribution in [2.75, 3.05) is 39.3 Å². The van der Waals surface area contributed by atoms with E-state index in [4.69, 9.17) is 19.8 Å². The summed E-state index contributed by atoms with van der Waals surface area (Å²) in [7, 11) is 0. The Morgan fingerprint density at radius 3 is 0.806 bits per heavy atom. The standard InChI is InChI=1S/C10H16F6N4O2.2C2HF3O2/c11-9(12,13)7(21)19-5-3-17-1-2-18-4-6-20-8(22)10(14,15)16;2*3-2(4,5)1(6)7/h17-18H,1-6H2,(H,19,21)(H,20,22);2*(H,6,7). The molecule has 0 aliphatic heterocycles. The highest BCUT2D eigenvalue weighted by molar-refractivity contribution is 5.82. The first-order chi connectivity index (χ1) is 15.9. The third-order valence-corrected chi connectivity index (χ3v) is 2.65. The summed E-state index contributed by atoms with van der Waals surface area (Å²) in [4.78, 5) is 38.6. The highest BCUT2D eigenvalue weighted by Gasteiger charge is 2.39. The van der Waals surface area contributed by atoms with Gasteiger partial charge in [-0.3, -0.25) is 9.59 Å². The summed E-state index contributed by atoms with van der Waals surface area (Å²) in [6.07, 6.45) is -20.0. The van der Waals surface area contributed by atoms with Gasteiger partial charge in [-0.25, -0.2) is 9.59 Å². The van der Waals surface area contributed by atoms with Crippen LogP contribution in [0.2, 0.25) is 0 Å². The van der Waals surface area contributed by atoms with Gasteiger partial charge in [-0.15, -0.1) is 0 Å². The maximum atomic E-state index is 11.8. The number of carboxylic acid groups (broad SMARTS) is 2. The summed E-state index contributed by atoms with van der Waals surface area (Å²) in [6.45, 7) is 0.451. The minimum atomic E-state index is -5.08. The Hall–Kier alpha value is -3.04. The van der Waals surface area contributed by atoms with Gasteiger partial charge in [0.05, 0.1) is 0 Å². The first-order valence-electron chi connectivity index (χ1n) is 8.65. The van der Waals surface area contributed by atoms with E-state index in [0.29, 0.717) is 13.1 Å². The number of aliphatic carboxylic acids is 2. The number of hydrogen-bond acceptors (Lipinski definition) is 6. The second-order valence-electron chi connectivity index (χ2n) is 5.61. The molecule has 0 heterocycles. The average molecular weight is 566 g/mol. The fourth-order valence-electron chi connectivity index (χ4n) is 1.16. The van der Waals surface area contributed by atoms with Crippen LogP contribution in [0.4, 0.5) is 52.7 Å². The lowest BCUT2D eigenvalue weighted by atomic mass is 10.5. The largest absolute Gasteiger partial charge is 0.490 e. The van der Waals surface area contributed by atoms with E-state index in [0.717, 1.165) is 0 Å². The van der Waals surface area contributed by atoms with Crippen molar-refractivity contribution in [3.63, 3.8) is 0 Å². The lowest BCUT2D eigenvalue weighted by Crippen LogP contribution is -2.42. The Morgan fingerprint density at radius 2 is 0.639 bits per heavy atom. The molecule has 0 aliphatic rings. The van der Waals surface area contributed by atoms with Crippen molar-refractivity contribution in [3.05, 3.63) is 0 Å².